The summed E-state index contributed by atoms with van der Waals surface area (Å²) in [6, 6.07) is 2.48. The van der Waals surface area contributed by atoms with Gasteiger partial charge in [0, 0.05) is 64.7 Å². The Morgan fingerprint density at radius 1 is 0.851 bits per heavy atom. The van der Waals surface area contributed by atoms with Crippen LogP contribution in [0.15, 0.2) is 35.9 Å². The summed E-state index contributed by atoms with van der Waals surface area (Å²) in [7, 11) is 7.69. The van der Waals surface area contributed by atoms with Gasteiger partial charge in [0.05, 0.1) is 137 Å². The lowest BCUT2D eigenvalue weighted by Crippen LogP contribution is -2.63. The highest BCUT2D eigenvalue weighted by Crippen LogP contribution is 2.49. The number of halogens is 1. The number of anilines is 1. The zero-order valence-corrected chi connectivity index (χ0v) is 54.7. The first-order valence-electron chi connectivity index (χ1n) is 29.7. The average molecular weight is 1270 g/mol. The van der Waals surface area contributed by atoms with Gasteiger partial charge in [-0.2, -0.15) is 0 Å². The minimum absolute atomic E-state index is 0.0677. The summed E-state index contributed by atoms with van der Waals surface area (Å²) in [5.41, 5.74) is -1.11. The second-order valence-corrected chi connectivity index (χ2v) is 24.7. The molecule has 1 aromatic rings. The molecule has 0 aliphatic carbocycles. The van der Waals surface area contributed by atoms with Crippen LogP contribution >= 0.6 is 23.4 Å². The number of hydrogen-bond acceptors (Lipinski definition) is 21. The molecule has 1 aromatic carbocycles. The Morgan fingerprint density at radius 2 is 1.39 bits per heavy atom. The van der Waals surface area contributed by atoms with Crippen molar-refractivity contribution in [2.75, 3.05) is 158 Å². The third kappa shape index (κ3) is 25.7. The lowest BCUT2D eigenvalue weighted by atomic mass is 9.83. The van der Waals surface area contributed by atoms with E-state index in [9.17, 15) is 33.9 Å². The highest BCUT2D eigenvalue weighted by Gasteiger charge is 2.64. The van der Waals surface area contributed by atoms with Gasteiger partial charge in [0.15, 0.2) is 5.72 Å². The van der Waals surface area contributed by atoms with Crippen molar-refractivity contribution < 1.29 is 95.5 Å². The van der Waals surface area contributed by atoms with Crippen LogP contribution in [-0.2, 0) is 87.2 Å². The number of ether oxygens (including phenoxy) is 13. The summed E-state index contributed by atoms with van der Waals surface area (Å²) in [6.07, 6.45) is 1.43. The number of carbonyl (C=O) groups excluding carboxylic acids is 6. The Labute approximate surface area is 523 Å². The molecule has 4 bridgehead atoms. The van der Waals surface area contributed by atoms with Gasteiger partial charge in [0.25, 0.3) is 0 Å². The zero-order valence-electron chi connectivity index (χ0n) is 53.2. The number of nitrogens with one attached hydrogen (secondary N) is 1. The Hall–Kier alpha value is -4.48. The molecule has 0 aromatic heterocycles. The molecule has 4 rings (SSSR count). The first-order valence-corrected chi connectivity index (χ1v) is 31.1. The van der Waals surface area contributed by atoms with E-state index in [0.717, 1.165) is 11.1 Å². The number of alkyl carbamates (subject to hydrolysis) is 1. The number of hydrogen-bond donors (Lipinski definition) is 2. The second kappa shape index (κ2) is 38.3. The van der Waals surface area contributed by atoms with E-state index in [-0.39, 0.29) is 47.6 Å². The highest BCUT2D eigenvalue weighted by molar-refractivity contribution is 8.01. The van der Waals surface area contributed by atoms with E-state index in [4.69, 9.17) is 73.2 Å². The van der Waals surface area contributed by atoms with Gasteiger partial charge in [-0.25, -0.2) is 9.59 Å². The topological polar surface area (TPSA) is 268 Å². The van der Waals surface area contributed by atoms with Gasteiger partial charge in [0.2, 0.25) is 17.7 Å². The summed E-state index contributed by atoms with van der Waals surface area (Å²) < 4.78 is 73.1. The maximum atomic E-state index is 14.4. The number of methoxy groups -OCH3 is 2. The minimum atomic E-state index is -1.87. The molecule has 26 heteroatoms. The molecular formula is C61H97ClN4O20S. The number of epoxide rings is 1. The summed E-state index contributed by atoms with van der Waals surface area (Å²) in [5.74, 6) is -1.62. The van der Waals surface area contributed by atoms with Crippen molar-refractivity contribution in [2.45, 2.75) is 134 Å². The quantitative estimate of drug-likeness (QED) is 0.0478. The SMILES string of the molecule is COc1cc2cc(c1Cl)N(C)C(=O)C[C@H](OC(=O)[C@H](C)N(C)C(=O)CCC(C)(C)SCC(=O)N(C)CCOCCOCCOCCOCCOCCOCCOCCOCCC(C)=O)[C@]1(C)O[C@H]1[C@H](C)[C@@H]1C[C@@](O)(NC(=O)O1)[C@H](OC)/C=C/C=C(\C)C2. The maximum Gasteiger partial charge on any atom is 0.409 e. The summed E-state index contributed by atoms with van der Waals surface area (Å²) in [5, 5.41) is 14.6. The summed E-state index contributed by atoms with van der Waals surface area (Å²) in [6.45, 7) is 19.5. The Kier molecular flexibility index (Phi) is 33.0. The van der Waals surface area contributed by atoms with Crippen molar-refractivity contribution in [2.24, 2.45) is 5.92 Å². The molecule has 3 aliphatic heterocycles. The van der Waals surface area contributed by atoms with E-state index in [1.54, 1.807) is 64.1 Å². The summed E-state index contributed by atoms with van der Waals surface area (Å²) in [4.78, 5) is 83.7. The molecule has 8 atom stereocenters. The largest absolute Gasteiger partial charge is 0.495 e. The molecule has 3 aliphatic rings. The van der Waals surface area contributed by atoms with E-state index in [1.807, 2.05) is 26.8 Å². The molecule has 87 heavy (non-hydrogen) atoms. The fourth-order valence-electron chi connectivity index (χ4n) is 9.43. The van der Waals surface area contributed by atoms with E-state index in [1.165, 1.54) is 49.8 Å². The van der Waals surface area contributed by atoms with Gasteiger partial charge >= 0.3 is 12.1 Å². The number of aliphatic hydroxyl groups is 1. The zero-order chi connectivity index (χ0) is 64.2. The maximum absolute atomic E-state index is 14.4. The number of carbonyl (C=O) groups is 6. The molecule has 3 heterocycles. The number of thioether (sulfide) groups is 1. The van der Waals surface area contributed by atoms with Crippen LogP contribution in [0.3, 0.4) is 0 Å². The molecule has 2 saturated heterocycles. The number of amides is 4. The molecule has 24 nitrogen and oxygen atoms in total. The van der Waals surface area contributed by atoms with Crippen LogP contribution in [0.4, 0.5) is 10.5 Å². The Morgan fingerprint density at radius 3 is 1.92 bits per heavy atom. The molecule has 0 spiro atoms. The third-order valence-corrected chi connectivity index (χ3v) is 17.0. The number of esters is 1. The van der Waals surface area contributed by atoms with Gasteiger partial charge in [-0.3, -0.25) is 24.5 Å². The van der Waals surface area contributed by atoms with Gasteiger partial charge < -0.3 is 81.4 Å². The first-order chi connectivity index (χ1) is 41.4. The van der Waals surface area contributed by atoms with Gasteiger partial charge in [-0.1, -0.05) is 56.2 Å². The van der Waals surface area contributed by atoms with E-state index < -0.39 is 70.4 Å². The normalized spacial score (nSPS) is 23.8. The number of fused-ring (bicyclic) bond motifs is 5. The molecule has 0 radical (unpaired) electrons. The van der Waals surface area contributed by atoms with Crippen LogP contribution in [0, 0.1) is 5.92 Å². The molecule has 494 valence electrons. The number of allylic oxidation sites excluding steroid dienone is 3. The molecule has 4 amide bonds. The van der Waals surface area contributed by atoms with E-state index in [0.29, 0.717) is 143 Å². The Balaban J connectivity index is 1.16. The standard InChI is InChI=1S/C61H97ClN4O20S/c1-42-14-13-15-50(75-12)61(73)40-49(84-58(72)63-61)44(3)56-60(7,86-56)51(39-53(69)66(10)47-37-46(36-42)38-48(74-11)55(47)62)85-57(71)45(4)65(9)52(68)16-18-59(5,6)87-41-54(70)64(8)19-21-77-23-25-79-27-29-81-31-33-83-35-34-82-32-30-80-28-26-78-24-22-76-20-17-43(2)67/h13-15,37-38,44-45,49-51,56,73H,16-36,39-41H2,1-12H3,(H,63,72)/b15-13+,42-14+/t44-,45+,49+,50-,51+,56+,60+,61+/m1/s1. The van der Waals surface area contributed by atoms with Crippen LogP contribution in [0.1, 0.15) is 86.1 Å². The number of ketones is 1. The van der Waals surface area contributed by atoms with Crippen molar-refractivity contribution >= 4 is 64.6 Å². The van der Waals surface area contributed by atoms with Crippen LogP contribution in [0.2, 0.25) is 5.02 Å². The minimum Gasteiger partial charge on any atom is -0.495 e. The van der Waals surface area contributed by atoms with Crippen LogP contribution in [0.25, 0.3) is 0 Å². The third-order valence-electron chi connectivity index (χ3n) is 15.3. The van der Waals surface area contributed by atoms with Crippen molar-refractivity contribution in [3.8, 4) is 5.75 Å². The number of rotatable bonds is 38. The molecule has 0 unspecified atom stereocenters. The predicted octanol–water partition coefficient (Wildman–Crippen LogP) is 5.38. The van der Waals surface area contributed by atoms with E-state index in [2.05, 4.69) is 5.32 Å². The number of Topliss-reactive ketones (excluding diaryl/α,β-unsaturated/α-hetero) is 1. The van der Waals surface area contributed by atoms with Gasteiger partial charge in [-0.05, 0) is 58.2 Å². The number of nitrogens with zero attached hydrogens (tertiary/aromatic N) is 3. The smallest absolute Gasteiger partial charge is 0.409 e. The average Bonchev–Trinajstić information content (AvgIpc) is 1.60. The van der Waals surface area contributed by atoms with Gasteiger partial charge in [0.1, 0.15) is 46.5 Å². The van der Waals surface area contributed by atoms with Crippen molar-refractivity contribution in [3.05, 3.63) is 46.5 Å². The number of benzene rings is 1. The van der Waals surface area contributed by atoms with Crippen molar-refractivity contribution in [3.63, 3.8) is 0 Å². The highest BCUT2D eigenvalue weighted by atomic mass is 35.5. The summed E-state index contributed by atoms with van der Waals surface area (Å²) >= 11 is 8.27. The van der Waals surface area contributed by atoms with Crippen LogP contribution < -0.4 is 15.0 Å². The monoisotopic (exact) mass is 1270 g/mol. The van der Waals surface area contributed by atoms with Crippen LogP contribution in [0.5, 0.6) is 5.75 Å². The Bertz CT molecular complexity index is 2400. The fourth-order valence-corrected chi connectivity index (χ4v) is 10.7. The number of likely N-dealkylation sites (N-methyl/N-ethyl adjacent to an activating group) is 2. The molecule has 2 N–H and O–H groups in total. The molecular weight excluding hydrogens is 1180 g/mol. The lowest BCUT2D eigenvalue weighted by molar-refractivity contribution is -0.162. The first kappa shape index (κ1) is 75.0. The van der Waals surface area contributed by atoms with Crippen molar-refractivity contribution in [1.82, 2.24) is 15.1 Å². The molecule has 0 saturated carbocycles. The predicted molar refractivity (Wildman–Crippen MR) is 326 cm³/mol. The second-order valence-electron chi connectivity index (χ2n) is 22.6. The molecule has 2 fully saturated rings. The van der Waals surface area contributed by atoms with Gasteiger partial charge in [-0.15, -0.1) is 11.8 Å². The van der Waals surface area contributed by atoms with Crippen LogP contribution in [-0.4, -0.2) is 250 Å². The van der Waals surface area contributed by atoms with E-state index >= 15 is 0 Å². The fraction of sp³-hybridized carbons (Fsp3) is 0.738. The lowest BCUT2D eigenvalue weighted by Gasteiger charge is -2.42. The van der Waals surface area contributed by atoms with Crippen molar-refractivity contribution in [1.29, 1.82) is 0 Å².